The predicted octanol–water partition coefficient (Wildman–Crippen LogP) is 1.78. The topological polar surface area (TPSA) is 51.0 Å². The lowest BCUT2D eigenvalue weighted by Gasteiger charge is -1.93. The molecule has 0 saturated carbocycles. The van der Waals surface area contributed by atoms with Gasteiger partial charge in [0, 0.05) is 25.0 Å². The summed E-state index contributed by atoms with van der Waals surface area (Å²) >= 11 is 0. The van der Waals surface area contributed by atoms with Crippen LogP contribution in [0.3, 0.4) is 0 Å². The molecule has 0 aromatic carbocycles. The van der Waals surface area contributed by atoms with Gasteiger partial charge in [0.2, 0.25) is 0 Å². The molecule has 0 atom stereocenters. The van der Waals surface area contributed by atoms with E-state index in [1.165, 1.54) is 0 Å². The van der Waals surface area contributed by atoms with Crippen molar-refractivity contribution in [3.05, 3.63) is 30.7 Å². The monoisotopic (exact) mass is 175 g/mol. The van der Waals surface area contributed by atoms with Crippen molar-refractivity contribution in [1.29, 1.82) is 0 Å². The van der Waals surface area contributed by atoms with Crippen LogP contribution in [0.2, 0.25) is 0 Å². The molecule has 2 heterocycles. The summed E-state index contributed by atoms with van der Waals surface area (Å²) in [5.74, 6) is 0.742. The Morgan fingerprint density at radius 2 is 2.08 bits per heavy atom. The van der Waals surface area contributed by atoms with E-state index < -0.39 is 0 Å². The van der Waals surface area contributed by atoms with Gasteiger partial charge in [-0.2, -0.15) is 0 Å². The van der Waals surface area contributed by atoms with Crippen molar-refractivity contribution in [2.75, 3.05) is 12.4 Å². The molecule has 1 N–H and O–H groups in total. The molecule has 0 aliphatic rings. The summed E-state index contributed by atoms with van der Waals surface area (Å²) in [4.78, 5) is 7.93. The van der Waals surface area contributed by atoms with Crippen LogP contribution in [0, 0.1) is 0 Å². The standard InChI is InChI=1S/C9H9N3O/c1-10-9-12-6-8(13-9)7-2-4-11-5-3-7/h2-6H,1H3,(H,10,12). The van der Waals surface area contributed by atoms with Crippen molar-refractivity contribution in [1.82, 2.24) is 9.97 Å². The fourth-order valence-electron chi connectivity index (χ4n) is 1.04. The molecule has 0 fully saturated rings. The molecule has 0 amide bonds. The van der Waals surface area contributed by atoms with Crippen LogP contribution in [-0.2, 0) is 0 Å². The van der Waals surface area contributed by atoms with Gasteiger partial charge in [-0.05, 0) is 12.1 Å². The summed E-state index contributed by atoms with van der Waals surface area (Å²) in [7, 11) is 1.77. The van der Waals surface area contributed by atoms with E-state index in [4.69, 9.17) is 4.42 Å². The molecule has 2 aromatic heterocycles. The van der Waals surface area contributed by atoms with Gasteiger partial charge < -0.3 is 9.73 Å². The minimum atomic E-state index is 0.520. The van der Waals surface area contributed by atoms with Gasteiger partial charge in [-0.15, -0.1) is 0 Å². The molecule has 2 aromatic rings. The SMILES string of the molecule is CNc1ncc(-c2ccncc2)o1. The van der Waals surface area contributed by atoms with Gasteiger partial charge in [0.15, 0.2) is 5.76 Å². The van der Waals surface area contributed by atoms with Gasteiger partial charge in [0.25, 0.3) is 6.01 Å². The van der Waals surface area contributed by atoms with E-state index in [1.807, 2.05) is 12.1 Å². The second-order valence-electron chi connectivity index (χ2n) is 2.52. The average Bonchev–Trinajstić information content (AvgIpc) is 2.67. The summed E-state index contributed by atoms with van der Waals surface area (Å²) in [6.45, 7) is 0. The number of pyridine rings is 1. The molecule has 66 valence electrons. The molecule has 0 bridgehead atoms. The highest BCUT2D eigenvalue weighted by atomic mass is 16.4. The third-order valence-corrected chi connectivity index (χ3v) is 1.68. The minimum Gasteiger partial charge on any atom is -0.424 e. The third kappa shape index (κ3) is 1.51. The molecule has 0 radical (unpaired) electrons. The van der Waals surface area contributed by atoms with Crippen LogP contribution in [0.15, 0.2) is 35.1 Å². The Morgan fingerprint density at radius 3 is 2.69 bits per heavy atom. The van der Waals surface area contributed by atoms with Crippen LogP contribution in [-0.4, -0.2) is 17.0 Å². The van der Waals surface area contributed by atoms with Gasteiger partial charge >= 0.3 is 0 Å². The van der Waals surface area contributed by atoms with Crippen molar-refractivity contribution >= 4 is 6.01 Å². The van der Waals surface area contributed by atoms with Crippen LogP contribution in [0.4, 0.5) is 6.01 Å². The normalized spacial score (nSPS) is 9.92. The summed E-state index contributed by atoms with van der Waals surface area (Å²) in [5.41, 5.74) is 0.976. The molecule has 0 unspecified atom stereocenters. The smallest absolute Gasteiger partial charge is 0.294 e. The predicted molar refractivity (Wildman–Crippen MR) is 49.3 cm³/mol. The van der Waals surface area contributed by atoms with Crippen molar-refractivity contribution in [2.45, 2.75) is 0 Å². The summed E-state index contributed by atoms with van der Waals surface area (Å²) in [6, 6.07) is 4.27. The lowest BCUT2D eigenvalue weighted by Crippen LogP contribution is -1.85. The lowest BCUT2D eigenvalue weighted by atomic mass is 10.2. The number of hydrogen-bond acceptors (Lipinski definition) is 4. The van der Waals surface area contributed by atoms with Crippen molar-refractivity contribution in [2.24, 2.45) is 0 Å². The lowest BCUT2D eigenvalue weighted by molar-refractivity contribution is 0.589. The zero-order valence-corrected chi connectivity index (χ0v) is 7.19. The van der Waals surface area contributed by atoms with Crippen LogP contribution >= 0.6 is 0 Å². The average molecular weight is 175 g/mol. The van der Waals surface area contributed by atoms with E-state index in [0.717, 1.165) is 11.3 Å². The second kappa shape index (κ2) is 3.26. The van der Waals surface area contributed by atoms with Crippen LogP contribution in [0.1, 0.15) is 0 Å². The van der Waals surface area contributed by atoms with E-state index >= 15 is 0 Å². The molecule has 4 nitrogen and oxygen atoms in total. The van der Waals surface area contributed by atoms with E-state index in [0.29, 0.717) is 6.01 Å². The molecule has 0 aliphatic heterocycles. The third-order valence-electron chi connectivity index (χ3n) is 1.68. The molecule has 4 heteroatoms. The highest BCUT2D eigenvalue weighted by Crippen LogP contribution is 2.20. The number of aromatic nitrogens is 2. The fourth-order valence-corrected chi connectivity index (χ4v) is 1.04. The van der Waals surface area contributed by atoms with E-state index in [2.05, 4.69) is 15.3 Å². The van der Waals surface area contributed by atoms with Crippen molar-refractivity contribution in [3.63, 3.8) is 0 Å². The Hall–Kier alpha value is -1.84. The maximum atomic E-state index is 5.37. The Labute approximate surface area is 75.6 Å². The maximum Gasteiger partial charge on any atom is 0.294 e. The van der Waals surface area contributed by atoms with Crippen LogP contribution in [0.25, 0.3) is 11.3 Å². The molecule has 0 aliphatic carbocycles. The molecule has 0 spiro atoms. The highest BCUT2D eigenvalue weighted by molar-refractivity contribution is 5.56. The summed E-state index contributed by atoms with van der Waals surface area (Å²) in [6.07, 6.45) is 5.12. The number of rotatable bonds is 2. The van der Waals surface area contributed by atoms with E-state index in [1.54, 1.807) is 25.6 Å². The van der Waals surface area contributed by atoms with Crippen molar-refractivity contribution in [3.8, 4) is 11.3 Å². The Balaban J connectivity index is 2.36. The van der Waals surface area contributed by atoms with Gasteiger partial charge in [0.1, 0.15) is 0 Å². The second-order valence-corrected chi connectivity index (χ2v) is 2.52. The molecular formula is C9H9N3O. The molecular weight excluding hydrogens is 166 g/mol. The summed E-state index contributed by atoms with van der Waals surface area (Å²) in [5, 5.41) is 2.82. The molecule has 2 rings (SSSR count). The van der Waals surface area contributed by atoms with Gasteiger partial charge in [-0.25, -0.2) is 4.98 Å². The molecule has 0 saturated heterocycles. The first kappa shape index (κ1) is 7.79. The minimum absolute atomic E-state index is 0.520. The van der Waals surface area contributed by atoms with Crippen molar-refractivity contribution < 1.29 is 4.42 Å². The number of hydrogen-bond donors (Lipinski definition) is 1. The van der Waals surface area contributed by atoms with Crippen LogP contribution < -0.4 is 5.32 Å². The number of anilines is 1. The maximum absolute atomic E-state index is 5.37. The first-order chi connectivity index (χ1) is 6.40. The first-order valence-electron chi connectivity index (χ1n) is 3.94. The van der Waals surface area contributed by atoms with E-state index in [9.17, 15) is 0 Å². The quantitative estimate of drug-likeness (QED) is 0.755. The van der Waals surface area contributed by atoms with Gasteiger partial charge in [0.05, 0.1) is 6.20 Å². The number of nitrogens with one attached hydrogen (secondary N) is 1. The molecule has 13 heavy (non-hydrogen) atoms. The largest absolute Gasteiger partial charge is 0.424 e. The zero-order chi connectivity index (χ0) is 9.10. The first-order valence-corrected chi connectivity index (χ1v) is 3.94. The highest BCUT2D eigenvalue weighted by Gasteiger charge is 2.03. The number of oxazole rings is 1. The van der Waals surface area contributed by atoms with Gasteiger partial charge in [-0.1, -0.05) is 0 Å². The fraction of sp³-hybridized carbons (Fsp3) is 0.111. The Bertz CT molecular complexity index is 383. The van der Waals surface area contributed by atoms with Gasteiger partial charge in [-0.3, -0.25) is 4.98 Å². The van der Waals surface area contributed by atoms with Crippen LogP contribution in [0.5, 0.6) is 0 Å². The Morgan fingerprint density at radius 1 is 1.31 bits per heavy atom. The van der Waals surface area contributed by atoms with E-state index in [-0.39, 0.29) is 0 Å². The summed E-state index contributed by atoms with van der Waals surface area (Å²) < 4.78 is 5.37. The Kier molecular flexibility index (Phi) is 1.96. The zero-order valence-electron chi connectivity index (χ0n) is 7.19. The number of nitrogens with zero attached hydrogens (tertiary/aromatic N) is 2.